The van der Waals surface area contributed by atoms with Crippen LogP contribution in [0.1, 0.15) is 33.1 Å². The van der Waals surface area contributed by atoms with Crippen LogP contribution in [0.15, 0.2) is 23.4 Å². The molecule has 0 aliphatic heterocycles. The van der Waals surface area contributed by atoms with Crippen molar-refractivity contribution in [3.63, 3.8) is 0 Å². The van der Waals surface area contributed by atoms with Crippen LogP contribution in [0.4, 0.5) is 13.2 Å². The van der Waals surface area contributed by atoms with Gasteiger partial charge in [-0.25, -0.2) is 0 Å². The van der Waals surface area contributed by atoms with E-state index in [4.69, 9.17) is 5.73 Å². The van der Waals surface area contributed by atoms with Gasteiger partial charge in [-0.3, -0.25) is 0 Å². The maximum Gasteiger partial charge on any atom is 0.416 e. The molecule has 0 aliphatic rings. The third-order valence-electron chi connectivity index (χ3n) is 1.87. The molecule has 0 saturated carbocycles. The smallest absolute Gasteiger partial charge is 0.404 e. The van der Waals surface area contributed by atoms with E-state index >= 15 is 0 Å². The Labute approximate surface area is 82.5 Å². The molecule has 0 saturated heterocycles. The number of hydrogen-bond donors (Lipinski definition) is 1. The fourth-order valence-corrected chi connectivity index (χ4v) is 1.12. The third kappa shape index (κ3) is 3.85. The van der Waals surface area contributed by atoms with Gasteiger partial charge in [0.25, 0.3) is 0 Å². The van der Waals surface area contributed by atoms with Crippen molar-refractivity contribution in [3.05, 3.63) is 23.4 Å². The van der Waals surface area contributed by atoms with Gasteiger partial charge >= 0.3 is 6.18 Å². The van der Waals surface area contributed by atoms with Gasteiger partial charge in [-0.15, -0.1) is 0 Å². The Kier molecular flexibility index (Phi) is 5.35. The molecule has 0 aromatic heterocycles. The van der Waals surface area contributed by atoms with Crippen LogP contribution in [0.2, 0.25) is 0 Å². The van der Waals surface area contributed by atoms with Crippen LogP contribution >= 0.6 is 0 Å². The highest BCUT2D eigenvalue weighted by Crippen LogP contribution is 2.32. The molecule has 0 spiro atoms. The molecular weight excluding hydrogens is 191 g/mol. The van der Waals surface area contributed by atoms with Crippen LogP contribution < -0.4 is 5.73 Å². The van der Waals surface area contributed by atoms with E-state index in [0.29, 0.717) is 19.3 Å². The van der Waals surface area contributed by atoms with Gasteiger partial charge < -0.3 is 5.73 Å². The third-order valence-corrected chi connectivity index (χ3v) is 1.87. The van der Waals surface area contributed by atoms with E-state index in [0.717, 1.165) is 6.20 Å². The SMILES string of the molecule is CCC/C=C(\C(=C/N)CC)C(F)(F)F. The van der Waals surface area contributed by atoms with Gasteiger partial charge in [0.05, 0.1) is 5.57 Å². The lowest BCUT2D eigenvalue weighted by Crippen LogP contribution is -2.14. The second-order valence-electron chi connectivity index (χ2n) is 2.95. The van der Waals surface area contributed by atoms with Crippen LogP contribution in [0, 0.1) is 0 Å². The zero-order valence-corrected chi connectivity index (χ0v) is 8.49. The summed E-state index contributed by atoms with van der Waals surface area (Å²) in [5, 5.41) is 0. The Balaban J connectivity index is 4.91. The first-order chi connectivity index (χ1) is 6.47. The highest BCUT2D eigenvalue weighted by atomic mass is 19.4. The van der Waals surface area contributed by atoms with E-state index in [2.05, 4.69) is 0 Å². The summed E-state index contributed by atoms with van der Waals surface area (Å²) in [5.41, 5.74) is 4.71. The van der Waals surface area contributed by atoms with Gasteiger partial charge in [-0.05, 0) is 24.6 Å². The predicted octanol–water partition coefficient (Wildman–Crippen LogP) is 3.53. The lowest BCUT2D eigenvalue weighted by atomic mass is 10.0. The number of hydrogen-bond acceptors (Lipinski definition) is 1. The molecule has 14 heavy (non-hydrogen) atoms. The minimum atomic E-state index is -4.30. The normalized spacial score (nSPS) is 14.6. The number of rotatable bonds is 4. The molecule has 0 rings (SSSR count). The molecular formula is C10H16F3N. The zero-order valence-electron chi connectivity index (χ0n) is 8.49. The molecule has 82 valence electrons. The van der Waals surface area contributed by atoms with Crippen LogP contribution in [0.25, 0.3) is 0 Å². The maximum absolute atomic E-state index is 12.5. The molecule has 0 atom stereocenters. The van der Waals surface area contributed by atoms with E-state index in [9.17, 15) is 13.2 Å². The molecule has 0 unspecified atom stereocenters. The van der Waals surface area contributed by atoms with Gasteiger partial charge in [0.1, 0.15) is 0 Å². The topological polar surface area (TPSA) is 26.0 Å². The first-order valence-electron chi connectivity index (χ1n) is 4.65. The van der Waals surface area contributed by atoms with Gasteiger partial charge in [-0.2, -0.15) is 13.2 Å². The Morgan fingerprint density at radius 2 is 1.86 bits per heavy atom. The van der Waals surface area contributed by atoms with Crippen molar-refractivity contribution in [1.82, 2.24) is 0 Å². The van der Waals surface area contributed by atoms with Gasteiger partial charge in [0.15, 0.2) is 0 Å². The monoisotopic (exact) mass is 207 g/mol. The Bertz CT molecular complexity index is 226. The summed E-state index contributed by atoms with van der Waals surface area (Å²) in [7, 11) is 0. The molecule has 0 amide bonds. The lowest BCUT2D eigenvalue weighted by molar-refractivity contribution is -0.0898. The van der Waals surface area contributed by atoms with E-state index in [-0.39, 0.29) is 5.57 Å². The van der Waals surface area contributed by atoms with Crippen molar-refractivity contribution in [1.29, 1.82) is 0 Å². The molecule has 0 aromatic carbocycles. The summed E-state index contributed by atoms with van der Waals surface area (Å²) >= 11 is 0. The van der Waals surface area contributed by atoms with Crippen LogP contribution in [0.5, 0.6) is 0 Å². The van der Waals surface area contributed by atoms with Gasteiger partial charge in [0.2, 0.25) is 0 Å². The van der Waals surface area contributed by atoms with Crippen molar-refractivity contribution >= 4 is 0 Å². The van der Waals surface area contributed by atoms with Gasteiger partial charge in [-0.1, -0.05) is 26.3 Å². The fraction of sp³-hybridized carbons (Fsp3) is 0.600. The standard InChI is InChI=1S/C10H16F3N/c1-3-5-6-9(10(11,12)13)8(4-2)7-14/h6-7H,3-5,14H2,1-2H3/b8-7-,9-6+. The summed E-state index contributed by atoms with van der Waals surface area (Å²) in [4.78, 5) is 0. The molecule has 0 heterocycles. The van der Waals surface area contributed by atoms with Gasteiger partial charge in [0, 0.05) is 0 Å². The molecule has 0 fully saturated rings. The average Bonchev–Trinajstić information content (AvgIpc) is 2.10. The van der Waals surface area contributed by atoms with Crippen LogP contribution in [0.3, 0.4) is 0 Å². The lowest BCUT2D eigenvalue weighted by Gasteiger charge is -2.13. The average molecular weight is 207 g/mol. The van der Waals surface area contributed by atoms with Crippen molar-refractivity contribution in [2.45, 2.75) is 39.3 Å². The summed E-state index contributed by atoms with van der Waals surface area (Å²) < 4.78 is 37.5. The van der Waals surface area contributed by atoms with Crippen molar-refractivity contribution in [2.75, 3.05) is 0 Å². The molecule has 1 nitrogen and oxygen atoms in total. The number of nitrogens with two attached hydrogens (primary N) is 1. The molecule has 0 bridgehead atoms. The first kappa shape index (κ1) is 13.1. The largest absolute Gasteiger partial charge is 0.416 e. The van der Waals surface area contributed by atoms with Crippen molar-refractivity contribution < 1.29 is 13.2 Å². The first-order valence-corrected chi connectivity index (χ1v) is 4.65. The Morgan fingerprint density at radius 3 is 2.14 bits per heavy atom. The second-order valence-corrected chi connectivity index (χ2v) is 2.95. The van der Waals surface area contributed by atoms with E-state index in [1.54, 1.807) is 6.92 Å². The van der Waals surface area contributed by atoms with Crippen LogP contribution in [-0.4, -0.2) is 6.18 Å². The number of halogens is 3. The van der Waals surface area contributed by atoms with E-state index in [1.165, 1.54) is 6.08 Å². The van der Waals surface area contributed by atoms with E-state index in [1.807, 2.05) is 6.92 Å². The molecule has 4 heteroatoms. The molecule has 0 radical (unpaired) electrons. The number of unbranched alkanes of at least 4 members (excludes halogenated alkanes) is 1. The summed E-state index contributed by atoms with van der Waals surface area (Å²) in [5.74, 6) is 0. The minimum absolute atomic E-state index is 0.158. The molecule has 0 aromatic rings. The minimum Gasteiger partial charge on any atom is -0.404 e. The van der Waals surface area contributed by atoms with Crippen molar-refractivity contribution in [2.24, 2.45) is 5.73 Å². The fourth-order valence-electron chi connectivity index (χ4n) is 1.12. The summed E-state index contributed by atoms with van der Waals surface area (Å²) in [6, 6.07) is 0. The Hall–Kier alpha value is -0.930. The summed E-state index contributed by atoms with van der Waals surface area (Å²) in [6.07, 6.45) is -0.632. The molecule has 0 aliphatic carbocycles. The number of alkyl halides is 3. The van der Waals surface area contributed by atoms with Crippen LogP contribution in [-0.2, 0) is 0 Å². The second kappa shape index (κ2) is 5.73. The maximum atomic E-state index is 12.5. The predicted molar refractivity (Wildman–Crippen MR) is 51.6 cm³/mol. The highest BCUT2D eigenvalue weighted by molar-refractivity contribution is 5.33. The molecule has 2 N–H and O–H groups in total. The highest BCUT2D eigenvalue weighted by Gasteiger charge is 2.34. The van der Waals surface area contributed by atoms with Crippen molar-refractivity contribution in [3.8, 4) is 0 Å². The quantitative estimate of drug-likeness (QED) is 0.701. The van der Waals surface area contributed by atoms with E-state index < -0.39 is 11.7 Å². The summed E-state index contributed by atoms with van der Waals surface area (Å²) in [6.45, 7) is 3.49. The Morgan fingerprint density at radius 1 is 1.29 bits per heavy atom. The number of allylic oxidation sites excluding steroid dienone is 3. The zero-order chi connectivity index (χ0) is 11.2.